The van der Waals surface area contributed by atoms with Crippen molar-refractivity contribution in [3.63, 3.8) is 0 Å². The van der Waals surface area contributed by atoms with Gasteiger partial charge in [-0.25, -0.2) is 14.8 Å². The maximum Gasteiger partial charge on any atom is 0.357 e. The molecule has 0 aliphatic carbocycles. The highest BCUT2D eigenvalue weighted by Crippen LogP contribution is 2.26. The Bertz CT molecular complexity index is 1010. The Kier molecular flexibility index (Phi) is 5.37. The molecule has 3 rings (SSSR count). The summed E-state index contributed by atoms with van der Waals surface area (Å²) < 4.78 is 7.00. The third kappa shape index (κ3) is 3.61. The molecule has 0 amide bonds. The van der Waals surface area contributed by atoms with Crippen LogP contribution in [0.4, 0.5) is 0 Å². The number of hydrogen-bond donors (Lipinski definition) is 0. The molecule has 0 N–H and O–H groups in total. The number of aliphatic imine (C=N–C) groups is 2. The zero-order valence-corrected chi connectivity index (χ0v) is 14.6. The number of nitrogens with zero attached hydrogens (tertiary/aromatic N) is 4. The fourth-order valence-corrected chi connectivity index (χ4v) is 2.54. The number of imidazole rings is 1. The first-order valence-electron chi connectivity index (χ1n) is 8.20. The summed E-state index contributed by atoms with van der Waals surface area (Å²) in [6.45, 7) is 2.00. The molecule has 0 saturated heterocycles. The highest BCUT2D eigenvalue weighted by molar-refractivity contribution is 5.95. The number of ether oxygens (including phenoxy) is 1. The molecule has 0 radical (unpaired) electrons. The van der Waals surface area contributed by atoms with Gasteiger partial charge in [-0.05, 0) is 25.1 Å². The van der Waals surface area contributed by atoms with Gasteiger partial charge in [-0.2, -0.15) is 4.99 Å². The summed E-state index contributed by atoms with van der Waals surface area (Å²) in [5, 5.41) is 0. The lowest BCUT2D eigenvalue weighted by molar-refractivity contribution is -0.138. The maximum absolute atomic E-state index is 12.3. The number of aromatic nitrogens is 2. The Morgan fingerprint density at radius 2 is 2.00 bits per heavy atom. The van der Waals surface area contributed by atoms with E-state index in [4.69, 9.17) is 9.72 Å². The van der Waals surface area contributed by atoms with Crippen molar-refractivity contribution in [2.24, 2.45) is 9.98 Å². The van der Waals surface area contributed by atoms with Gasteiger partial charge in [0.1, 0.15) is 5.65 Å². The van der Waals surface area contributed by atoms with Gasteiger partial charge >= 0.3 is 5.97 Å². The quantitative estimate of drug-likeness (QED) is 0.402. The van der Waals surface area contributed by atoms with E-state index in [1.807, 2.05) is 59.1 Å². The first-order valence-corrected chi connectivity index (χ1v) is 8.20. The van der Waals surface area contributed by atoms with Gasteiger partial charge < -0.3 is 4.74 Å². The number of fused-ring (bicyclic) bond motifs is 1. The van der Waals surface area contributed by atoms with Crippen molar-refractivity contribution < 1.29 is 9.53 Å². The number of esters is 1. The van der Waals surface area contributed by atoms with Crippen molar-refractivity contribution in [3.05, 3.63) is 66.1 Å². The molecule has 3 aromatic rings. The second-order valence-corrected chi connectivity index (χ2v) is 5.33. The molecule has 0 saturated carbocycles. The third-order valence-electron chi connectivity index (χ3n) is 3.64. The van der Waals surface area contributed by atoms with E-state index in [0.717, 1.165) is 22.6 Å². The van der Waals surface area contributed by atoms with E-state index in [2.05, 4.69) is 16.0 Å². The Morgan fingerprint density at radius 1 is 1.23 bits per heavy atom. The average Bonchev–Trinajstić information content (AvgIpc) is 3.04. The molecule has 0 aliphatic heterocycles. The fraction of sp³-hybridized carbons (Fsp3) is 0.150. The lowest BCUT2D eigenvalue weighted by Gasteiger charge is -2.04. The molecule has 0 unspecified atom stereocenters. The minimum atomic E-state index is -0.534. The summed E-state index contributed by atoms with van der Waals surface area (Å²) in [6, 6.07) is 18.0. The van der Waals surface area contributed by atoms with Gasteiger partial charge in [0.05, 0.1) is 24.0 Å². The lowest BCUT2D eigenvalue weighted by Crippen LogP contribution is -2.06. The fourth-order valence-electron chi connectivity index (χ4n) is 2.54. The van der Waals surface area contributed by atoms with Crippen LogP contribution in [0.3, 0.4) is 0 Å². The minimum absolute atomic E-state index is 0.111. The Hall–Kier alpha value is -3.50. The molecule has 6 heteroatoms. The van der Waals surface area contributed by atoms with Crippen molar-refractivity contribution in [1.82, 2.24) is 9.38 Å². The highest BCUT2D eigenvalue weighted by atomic mass is 16.5. The van der Waals surface area contributed by atoms with Gasteiger partial charge in [0.15, 0.2) is 5.70 Å². The smallest absolute Gasteiger partial charge is 0.357 e. The number of hydrogen-bond acceptors (Lipinski definition) is 5. The van der Waals surface area contributed by atoms with E-state index >= 15 is 0 Å². The Morgan fingerprint density at radius 3 is 2.73 bits per heavy atom. The molecule has 0 atom stereocenters. The van der Waals surface area contributed by atoms with Crippen LogP contribution in [0, 0.1) is 0 Å². The van der Waals surface area contributed by atoms with Crippen LogP contribution in [0.5, 0.6) is 0 Å². The molecule has 0 aliphatic rings. The van der Waals surface area contributed by atoms with Gasteiger partial charge in [-0.1, -0.05) is 36.4 Å². The Balaban J connectivity index is 2.24. The first kappa shape index (κ1) is 17.3. The van der Waals surface area contributed by atoms with Crippen LogP contribution in [0.1, 0.15) is 12.6 Å². The number of benzene rings is 1. The summed E-state index contributed by atoms with van der Waals surface area (Å²) in [4.78, 5) is 24.7. The Labute approximate surface area is 151 Å². The number of carbonyl (C=O) groups excluding carboxylic acids is 1. The van der Waals surface area contributed by atoms with E-state index in [-0.39, 0.29) is 12.3 Å². The second-order valence-electron chi connectivity index (χ2n) is 5.33. The maximum atomic E-state index is 12.3. The normalized spacial score (nSPS) is 11.1. The predicted octanol–water partition coefficient (Wildman–Crippen LogP) is 3.71. The van der Waals surface area contributed by atoms with E-state index < -0.39 is 5.97 Å². The van der Waals surface area contributed by atoms with Gasteiger partial charge in [0.2, 0.25) is 0 Å². The first-order chi connectivity index (χ1) is 12.7. The number of rotatable bonds is 5. The molecule has 130 valence electrons. The van der Waals surface area contributed by atoms with Crippen molar-refractivity contribution in [3.8, 4) is 11.3 Å². The minimum Gasteiger partial charge on any atom is -0.461 e. The molecule has 0 spiro atoms. The summed E-state index contributed by atoms with van der Waals surface area (Å²) in [5.74, 6) is -0.534. The van der Waals surface area contributed by atoms with Crippen molar-refractivity contribution in [2.45, 2.75) is 6.92 Å². The largest absolute Gasteiger partial charge is 0.461 e. The average molecular weight is 346 g/mol. The molecule has 0 fully saturated rings. The van der Waals surface area contributed by atoms with Crippen molar-refractivity contribution >= 4 is 23.7 Å². The van der Waals surface area contributed by atoms with Gasteiger partial charge in [-0.15, -0.1) is 0 Å². The predicted molar refractivity (Wildman–Crippen MR) is 101 cm³/mol. The molecule has 6 nitrogen and oxygen atoms in total. The van der Waals surface area contributed by atoms with Crippen LogP contribution >= 0.6 is 0 Å². The molecule has 0 bridgehead atoms. The molecule has 1 aromatic carbocycles. The number of pyridine rings is 1. The van der Waals surface area contributed by atoms with E-state index in [1.54, 1.807) is 13.0 Å². The third-order valence-corrected chi connectivity index (χ3v) is 3.64. The number of carbonyl (C=O) groups is 1. The van der Waals surface area contributed by atoms with Crippen molar-refractivity contribution in [2.75, 3.05) is 13.7 Å². The molecular weight excluding hydrogens is 328 g/mol. The van der Waals surface area contributed by atoms with E-state index in [1.165, 1.54) is 7.05 Å². The lowest BCUT2D eigenvalue weighted by atomic mass is 10.1. The van der Waals surface area contributed by atoms with Gasteiger partial charge in [0, 0.05) is 18.8 Å². The second kappa shape index (κ2) is 8.05. The topological polar surface area (TPSA) is 68.3 Å². The van der Waals surface area contributed by atoms with E-state index in [0.29, 0.717) is 0 Å². The summed E-state index contributed by atoms with van der Waals surface area (Å²) >= 11 is 0. The molecular formula is C20H18N4O2. The zero-order valence-electron chi connectivity index (χ0n) is 14.6. The van der Waals surface area contributed by atoms with Gasteiger partial charge in [-0.3, -0.25) is 4.40 Å². The summed E-state index contributed by atoms with van der Waals surface area (Å²) in [7, 11) is 1.54. The van der Waals surface area contributed by atoms with Crippen LogP contribution in [-0.2, 0) is 9.53 Å². The van der Waals surface area contributed by atoms with Crippen molar-refractivity contribution in [1.29, 1.82) is 0 Å². The molecule has 2 aromatic heterocycles. The molecule has 2 heterocycles. The van der Waals surface area contributed by atoms with Gasteiger partial charge in [0.25, 0.3) is 0 Å². The summed E-state index contributed by atoms with van der Waals surface area (Å²) in [6.07, 6.45) is 3.54. The molecule has 26 heavy (non-hydrogen) atoms. The highest BCUT2D eigenvalue weighted by Gasteiger charge is 2.16. The van der Waals surface area contributed by atoms with Crippen LogP contribution in [0.2, 0.25) is 0 Å². The monoisotopic (exact) mass is 346 g/mol. The SMILES string of the molecule is CCOC(=O)/C(=C\c1c(-c2ccccc2)nc2ccccn12)N=C=NC. The van der Waals surface area contributed by atoms with Crippen LogP contribution < -0.4 is 0 Å². The zero-order chi connectivity index (χ0) is 18.4. The summed E-state index contributed by atoms with van der Waals surface area (Å²) in [5.41, 5.74) is 3.31. The van der Waals surface area contributed by atoms with Crippen LogP contribution in [-0.4, -0.2) is 35.0 Å². The van der Waals surface area contributed by atoms with E-state index in [9.17, 15) is 4.79 Å². The van der Waals surface area contributed by atoms with Crippen LogP contribution in [0.15, 0.2) is 70.4 Å². The van der Waals surface area contributed by atoms with Crippen LogP contribution in [0.25, 0.3) is 23.0 Å². The standard InChI is InChI=1S/C20H18N4O2/c1-3-26-20(25)16(22-14-21-2)13-17-19(15-9-5-4-6-10-15)23-18-11-7-8-12-24(17)18/h4-13H,3H2,1-2H3/b16-13+.